The molecule has 106 valence electrons. The first-order valence-electron chi connectivity index (χ1n) is 6.94. The largest absolute Gasteiger partial charge is 0.325 e. The number of nitrogens with zero attached hydrogens (tertiary/aromatic N) is 2. The van der Waals surface area contributed by atoms with Crippen LogP contribution in [-0.2, 0) is 4.79 Å². The van der Waals surface area contributed by atoms with Gasteiger partial charge in [0.1, 0.15) is 6.07 Å². The molecule has 1 amide bonds. The summed E-state index contributed by atoms with van der Waals surface area (Å²) in [4.78, 5) is 14.3. The highest BCUT2D eigenvalue weighted by molar-refractivity contribution is 5.92. The minimum absolute atomic E-state index is 0.0431. The second-order valence-electron chi connectivity index (χ2n) is 5.04. The number of nitriles is 1. The maximum atomic E-state index is 12.0. The van der Waals surface area contributed by atoms with Gasteiger partial charge in [0, 0.05) is 38.6 Å². The Balaban J connectivity index is 1.85. The molecule has 20 heavy (non-hydrogen) atoms. The Morgan fingerprint density at radius 1 is 1.55 bits per heavy atom. The molecule has 1 aromatic carbocycles. The van der Waals surface area contributed by atoms with E-state index >= 15 is 0 Å². The lowest BCUT2D eigenvalue weighted by Gasteiger charge is -2.33. The van der Waals surface area contributed by atoms with Crippen LogP contribution in [-0.4, -0.2) is 43.0 Å². The molecule has 2 rings (SSSR count). The molecule has 5 heteroatoms. The molecule has 1 atom stereocenters. The summed E-state index contributed by atoms with van der Waals surface area (Å²) in [6.07, 6.45) is 0.449. The molecule has 5 nitrogen and oxygen atoms in total. The average Bonchev–Trinajstić information content (AvgIpc) is 2.47. The molecule has 0 aromatic heterocycles. The molecule has 0 spiro atoms. The fourth-order valence-electron chi connectivity index (χ4n) is 2.36. The molecule has 0 radical (unpaired) electrons. The minimum atomic E-state index is -0.0431. The van der Waals surface area contributed by atoms with Crippen LogP contribution in [0.1, 0.15) is 18.9 Å². The van der Waals surface area contributed by atoms with Crippen LogP contribution in [0.3, 0.4) is 0 Å². The fraction of sp³-hybridized carbons (Fsp3) is 0.467. The van der Waals surface area contributed by atoms with E-state index in [4.69, 9.17) is 5.26 Å². The van der Waals surface area contributed by atoms with E-state index in [1.54, 1.807) is 18.2 Å². The maximum Gasteiger partial charge on any atom is 0.225 e. The van der Waals surface area contributed by atoms with Crippen LogP contribution in [0.2, 0.25) is 0 Å². The summed E-state index contributed by atoms with van der Waals surface area (Å²) in [6, 6.07) is 9.60. The number of hydrogen-bond donors (Lipinski definition) is 2. The van der Waals surface area contributed by atoms with Gasteiger partial charge in [-0.3, -0.25) is 9.69 Å². The van der Waals surface area contributed by atoms with Gasteiger partial charge in [0.15, 0.2) is 0 Å². The predicted octanol–water partition coefficient (Wildman–Crippen LogP) is 1.18. The normalized spacial score (nSPS) is 19.3. The molecule has 1 heterocycles. The van der Waals surface area contributed by atoms with Crippen molar-refractivity contribution in [3.05, 3.63) is 29.8 Å². The molecule has 0 aliphatic carbocycles. The van der Waals surface area contributed by atoms with Crippen LogP contribution in [0.5, 0.6) is 0 Å². The molecular weight excluding hydrogens is 252 g/mol. The van der Waals surface area contributed by atoms with Gasteiger partial charge in [-0.25, -0.2) is 0 Å². The quantitative estimate of drug-likeness (QED) is 0.863. The van der Waals surface area contributed by atoms with E-state index in [0.29, 0.717) is 23.7 Å². The van der Waals surface area contributed by atoms with Crippen molar-refractivity contribution in [1.29, 1.82) is 5.26 Å². The Morgan fingerprint density at radius 2 is 2.35 bits per heavy atom. The van der Waals surface area contributed by atoms with Crippen molar-refractivity contribution in [2.75, 3.05) is 31.5 Å². The van der Waals surface area contributed by atoms with Gasteiger partial charge in [0.25, 0.3) is 0 Å². The van der Waals surface area contributed by atoms with Crippen LogP contribution in [0.4, 0.5) is 5.69 Å². The summed E-state index contributed by atoms with van der Waals surface area (Å²) in [5, 5.41) is 15.1. The number of para-hydroxylation sites is 1. The fourth-order valence-corrected chi connectivity index (χ4v) is 2.36. The predicted molar refractivity (Wildman–Crippen MR) is 78.3 cm³/mol. The van der Waals surface area contributed by atoms with Crippen molar-refractivity contribution in [2.45, 2.75) is 19.4 Å². The smallest absolute Gasteiger partial charge is 0.225 e. The second kappa shape index (κ2) is 7.04. The van der Waals surface area contributed by atoms with Gasteiger partial charge < -0.3 is 10.6 Å². The Hall–Kier alpha value is -1.90. The standard InChI is InChI=1S/C15H20N4O/c1-12-11-17-7-9-19(12)8-6-15(20)18-14-5-3-2-4-13(14)10-16/h2-5,12,17H,6-9,11H2,1H3,(H,18,20)/t12-/m1/s1. The lowest BCUT2D eigenvalue weighted by Crippen LogP contribution is -2.50. The summed E-state index contributed by atoms with van der Waals surface area (Å²) in [5.74, 6) is -0.0431. The molecule has 0 saturated carbocycles. The molecule has 0 unspecified atom stereocenters. The van der Waals surface area contributed by atoms with Crippen molar-refractivity contribution in [1.82, 2.24) is 10.2 Å². The van der Waals surface area contributed by atoms with Gasteiger partial charge in [-0.15, -0.1) is 0 Å². The Morgan fingerprint density at radius 3 is 3.10 bits per heavy atom. The second-order valence-corrected chi connectivity index (χ2v) is 5.04. The van der Waals surface area contributed by atoms with Crippen LogP contribution < -0.4 is 10.6 Å². The molecule has 1 aliphatic heterocycles. The van der Waals surface area contributed by atoms with E-state index in [2.05, 4.69) is 28.5 Å². The summed E-state index contributed by atoms with van der Waals surface area (Å²) >= 11 is 0. The molecule has 1 fully saturated rings. The summed E-state index contributed by atoms with van der Waals surface area (Å²) < 4.78 is 0. The first-order chi connectivity index (χ1) is 9.70. The van der Waals surface area contributed by atoms with Gasteiger partial charge >= 0.3 is 0 Å². The minimum Gasteiger partial charge on any atom is -0.325 e. The number of hydrogen-bond acceptors (Lipinski definition) is 4. The molecule has 0 bridgehead atoms. The highest BCUT2D eigenvalue weighted by Gasteiger charge is 2.18. The van der Waals surface area contributed by atoms with E-state index < -0.39 is 0 Å². The monoisotopic (exact) mass is 272 g/mol. The number of carbonyl (C=O) groups is 1. The number of rotatable bonds is 4. The highest BCUT2D eigenvalue weighted by atomic mass is 16.1. The van der Waals surface area contributed by atoms with Crippen molar-refractivity contribution < 1.29 is 4.79 Å². The third-order valence-corrected chi connectivity index (χ3v) is 3.59. The number of benzene rings is 1. The zero-order valence-corrected chi connectivity index (χ0v) is 11.7. The van der Waals surface area contributed by atoms with Crippen LogP contribution >= 0.6 is 0 Å². The summed E-state index contributed by atoms with van der Waals surface area (Å²) in [7, 11) is 0. The number of amides is 1. The van der Waals surface area contributed by atoms with Crippen molar-refractivity contribution >= 4 is 11.6 Å². The number of nitrogens with one attached hydrogen (secondary N) is 2. The summed E-state index contributed by atoms with van der Waals surface area (Å²) in [5.41, 5.74) is 1.09. The summed E-state index contributed by atoms with van der Waals surface area (Å²) in [6.45, 7) is 5.84. The lowest BCUT2D eigenvalue weighted by molar-refractivity contribution is -0.116. The van der Waals surface area contributed by atoms with E-state index in [-0.39, 0.29) is 5.91 Å². The van der Waals surface area contributed by atoms with Crippen LogP contribution in [0, 0.1) is 11.3 Å². The molecular formula is C15H20N4O. The van der Waals surface area contributed by atoms with Crippen LogP contribution in [0.25, 0.3) is 0 Å². The first kappa shape index (κ1) is 14.5. The highest BCUT2D eigenvalue weighted by Crippen LogP contribution is 2.14. The maximum absolute atomic E-state index is 12.0. The van der Waals surface area contributed by atoms with Crippen molar-refractivity contribution in [2.24, 2.45) is 0 Å². The topological polar surface area (TPSA) is 68.2 Å². The lowest BCUT2D eigenvalue weighted by atomic mass is 10.2. The van der Waals surface area contributed by atoms with E-state index in [1.807, 2.05) is 6.07 Å². The number of piperazine rings is 1. The Bertz CT molecular complexity index is 509. The number of anilines is 1. The van der Waals surface area contributed by atoms with Gasteiger partial charge in [0.05, 0.1) is 11.3 Å². The zero-order valence-electron chi connectivity index (χ0n) is 11.7. The molecule has 2 N–H and O–H groups in total. The Kier molecular flexibility index (Phi) is 5.10. The average molecular weight is 272 g/mol. The molecule has 1 saturated heterocycles. The van der Waals surface area contributed by atoms with Crippen LogP contribution in [0.15, 0.2) is 24.3 Å². The third kappa shape index (κ3) is 3.80. The van der Waals surface area contributed by atoms with E-state index in [0.717, 1.165) is 26.2 Å². The molecule has 1 aromatic rings. The van der Waals surface area contributed by atoms with E-state index in [1.165, 1.54) is 0 Å². The van der Waals surface area contributed by atoms with Crippen molar-refractivity contribution in [3.63, 3.8) is 0 Å². The zero-order chi connectivity index (χ0) is 14.4. The molecule has 1 aliphatic rings. The van der Waals surface area contributed by atoms with Gasteiger partial charge in [0.2, 0.25) is 5.91 Å². The van der Waals surface area contributed by atoms with Gasteiger partial charge in [-0.2, -0.15) is 5.26 Å². The van der Waals surface area contributed by atoms with Crippen molar-refractivity contribution in [3.8, 4) is 6.07 Å². The first-order valence-corrected chi connectivity index (χ1v) is 6.94. The van der Waals surface area contributed by atoms with Gasteiger partial charge in [-0.05, 0) is 19.1 Å². The SMILES string of the molecule is C[C@@H]1CNCCN1CCC(=O)Nc1ccccc1C#N. The van der Waals surface area contributed by atoms with E-state index in [9.17, 15) is 4.79 Å². The third-order valence-electron chi connectivity index (χ3n) is 3.59. The van der Waals surface area contributed by atoms with Gasteiger partial charge in [-0.1, -0.05) is 12.1 Å². The Labute approximate surface area is 119 Å². The number of carbonyl (C=O) groups excluding carboxylic acids is 1.